The fourth-order valence-electron chi connectivity index (χ4n) is 2.68. The van der Waals surface area contributed by atoms with Gasteiger partial charge in [0, 0.05) is 13.1 Å². The van der Waals surface area contributed by atoms with Gasteiger partial charge >= 0.3 is 0 Å². The molecule has 0 aromatic heterocycles. The van der Waals surface area contributed by atoms with Gasteiger partial charge < -0.3 is 9.45 Å². The second-order valence-corrected chi connectivity index (χ2v) is 5.93. The molecule has 1 saturated heterocycles. The van der Waals surface area contributed by atoms with Crippen molar-refractivity contribution in [1.29, 1.82) is 0 Å². The molecule has 1 unspecified atom stereocenters. The lowest BCUT2D eigenvalue weighted by atomic mass is 10.1. The first kappa shape index (κ1) is 13.3. The van der Waals surface area contributed by atoms with Crippen molar-refractivity contribution < 1.29 is 8.76 Å². The zero-order chi connectivity index (χ0) is 13.9. The SMILES string of the molecule is O=S(O)c1cc(-c2ccccc2)ccc1N1CCCC1. The molecule has 4 heteroatoms. The molecule has 104 valence electrons. The minimum atomic E-state index is -1.96. The van der Waals surface area contributed by atoms with E-state index in [-0.39, 0.29) is 0 Å². The van der Waals surface area contributed by atoms with Crippen molar-refractivity contribution in [2.75, 3.05) is 18.0 Å². The summed E-state index contributed by atoms with van der Waals surface area (Å²) in [6, 6.07) is 15.8. The molecule has 1 fully saturated rings. The molecular weight excluding hydrogens is 270 g/mol. The number of hydrogen-bond acceptors (Lipinski definition) is 2. The zero-order valence-corrected chi connectivity index (χ0v) is 12.0. The van der Waals surface area contributed by atoms with Crippen LogP contribution in [0, 0.1) is 0 Å². The summed E-state index contributed by atoms with van der Waals surface area (Å²) in [5, 5.41) is 0. The third kappa shape index (κ3) is 2.62. The van der Waals surface area contributed by atoms with E-state index in [1.807, 2.05) is 48.5 Å². The van der Waals surface area contributed by atoms with Crippen molar-refractivity contribution in [2.24, 2.45) is 0 Å². The van der Waals surface area contributed by atoms with Gasteiger partial charge in [0.25, 0.3) is 0 Å². The fraction of sp³-hybridized carbons (Fsp3) is 0.250. The van der Waals surface area contributed by atoms with Gasteiger partial charge in [-0.25, -0.2) is 4.21 Å². The van der Waals surface area contributed by atoms with Crippen LogP contribution in [0.25, 0.3) is 11.1 Å². The van der Waals surface area contributed by atoms with Crippen molar-refractivity contribution in [1.82, 2.24) is 0 Å². The van der Waals surface area contributed by atoms with Crippen LogP contribution in [-0.4, -0.2) is 21.9 Å². The summed E-state index contributed by atoms with van der Waals surface area (Å²) >= 11 is -1.96. The molecule has 1 atom stereocenters. The Morgan fingerprint density at radius 1 is 0.950 bits per heavy atom. The molecule has 1 heterocycles. The summed E-state index contributed by atoms with van der Waals surface area (Å²) in [4.78, 5) is 2.70. The molecular formula is C16H17NO2S. The standard InChI is InChI=1S/C16H17NO2S/c18-20(19)16-12-14(13-6-2-1-3-7-13)8-9-15(16)17-10-4-5-11-17/h1-3,6-9,12H,4-5,10-11H2,(H,18,19). The van der Waals surface area contributed by atoms with Crippen LogP contribution in [0.3, 0.4) is 0 Å². The van der Waals surface area contributed by atoms with Gasteiger partial charge in [-0.05, 0) is 36.1 Å². The highest BCUT2D eigenvalue weighted by molar-refractivity contribution is 7.79. The summed E-state index contributed by atoms with van der Waals surface area (Å²) in [5.74, 6) is 0. The van der Waals surface area contributed by atoms with Crippen LogP contribution in [0.4, 0.5) is 5.69 Å². The second kappa shape index (κ2) is 5.77. The summed E-state index contributed by atoms with van der Waals surface area (Å²) in [5.41, 5.74) is 2.93. The molecule has 0 amide bonds. The Morgan fingerprint density at radius 2 is 1.65 bits per heavy atom. The van der Waals surface area contributed by atoms with Crippen LogP contribution in [0.15, 0.2) is 53.4 Å². The predicted molar refractivity (Wildman–Crippen MR) is 82.4 cm³/mol. The van der Waals surface area contributed by atoms with Crippen LogP contribution >= 0.6 is 0 Å². The monoisotopic (exact) mass is 287 g/mol. The molecule has 1 aliphatic rings. The van der Waals surface area contributed by atoms with Crippen LogP contribution in [0.5, 0.6) is 0 Å². The molecule has 1 aliphatic heterocycles. The van der Waals surface area contributed by atoms with Gasteiger partial charge in [0.1, 0.15) is 0 Å². The smallest absolute Gasteiger partial charge is 0.188 e. The van der Waals surface area contributed by atoms with Crippen LogP contribution in [-0.2, 0) is 11.1 Å². The lowest BCUT2D eigenvalue weighted by Crippen LogP contribution is -2.19. The number of rotatable bonds is 3. The largest absolute Gasteiger partial charge is 0.370 e. The molecule has 1 N–H and O–H groups in total. The Hall–Kier alpha value is -1.65. The second-order valence-electron chi connectivity index (χ2n) is 4.99. The average molecular weight is 287 g/mol. The highest BCUT2D eigenvalue weighted by Gasteiger charge is 2.18. The van der Waals surface area contributed by atoms with Crippen LogP contribution in [0.1, 0.15) is 12.8 Å². The molecule has 3 rings (SSSR count). The first-order valence-corrected chi connectivity index (χ1v) is 7.91. The normalized spacial score (nSPS) is 16.4. The van der Waals surface area contributed by atoms with E-state index in [9.17, 15) is 8.76 Å². The minimum Gasteiger partial charge on any atom is -0.370 e. The quantitative estimate of drug-likeness (QED) is 0.878. The number of anilines is 1. The molecule has 0 aliphatic carbocycles. The zero-order valence-electron chi connectivity index (χ0n) is 11.2. The molecule has 3 nitrogen and oxygen atoms in total. The van der Waals surface area contributed by atoms with E-state index < -0.39 is 11.1 Å². The maximum Gasteiger partial charge on any atom is 0.188 e. The summed E-state index contributed by atoms with van der Waals surface area (Å²) in [7, 11) is 0. The minimum absolute atomic E-state index is 0.508. The Kier molecular flexibility index (Phi) is 3.85. The van der Waals surface area contributed by atoms with Crippen molar-refractivity contribution in [3.8, 4) is 11.1 Å². The summed E-state index contributed by atoms with van der Waals surface area (Å²) < 4.78 is 21.2. The maximum absolute atomic E-state index is 11.6. The number of benzene rings is 2. The molecule has 0 saturated carbocycles. The molecule has 2 aromatic rings. The van der Waals surface area contributed by atoms with Crippen LogP contribution in [0.2, 0.25) is 0 Å². The number of nitrogens with zero attached hydrogens (tertiary/aromatic N) is 1. The fourth-order valence-corrected chi connectivity index (χ4v) is 3.29. The van der Waals surface area contributed by atoms with Crippen LogP contribution < -0.4 is 4.90 Å². The van der Waals surface area contributed by atoms with E-state index in [4.69, 9.17) is 0 Å². The maximum atomic E-state index is 11.6. The van der Waals surface area contributed by atoms with E-state index in [2.05, 4.69) is 4.90 Å². The highest BCUT2D eigenvalue weighted by Crippen LogP contribution is 2.31. The predicted octanol–water partition coefficient (Wildman–Crippen LogP) is 3.53. The summed E-state index contributed by atoms with van der Waals surface area (Å²) in [6.07, 6.45) is 2.30. The van der Waals surface area contributed by atoms with Gasteiger partial charge in [-0.15, -0.1) is 0 Å². The Balaban J connectivity index is 2.04. The summed E-state index contributed by atoms with van der Waals surface area (Å²) in [6.45, 7) is 1.93. The first-order valence-electron chi connectivity index (χ1n) is 6.81. The van der Waals surface area contributed by atoms with Gasteiger partial charge in [-0.2, -0.15) is 0 Å². The van der Waals surface area contributed by atoms with Crippen molar-refractivity contribution in [2.45, 2.75) is 17.7 Å². The van der Waals surface area contributed by atoms with Crippen molar-refractivity contribution >= 4 is 16.8 Å². The van der Waals surface area contributed by atoms with Crippen molar-refractivity contribution in [3.05, 3.63) is 48.5 Å². The lowest BCUT2D eigenvalue weighted by Gasteiger charge is -2.20. The van der Waals surface area contributed by atoms with E-state index in [0.717, 1.165) is 42.7 Å². The molecule has 0 radical (unpaired) electrons. The van der Waals surface area contributed by atoms with E-state index in [0.29, 0.717) is 4.90 Å². The van der Waals surface area contributed by atoms with E-state index >= 15 is 0 Å². The van der Waals surface area contributed by atoms with E-state index in [1.165, 1.54) is 0 Å². The highest BCUT2D eigenvalue weighted by atomic mass is 32.2. The van der Waals surface area contributed by atoms with Gasteiger partial charge in [0.05, 0.1) is 10.6 Å². The number of hydrogen-bond donors (Lipinski definition) is 1. The molecule has 0 bridgehead atoms. The Bertz CT molecular complexity index is 622. The van der Waals surface area contributed by atoms with Gasteiger partial charge in [0.2, 0.25) is 0 Å². The third-order valence-electron chi connectivity index (χ3n) is 3.70. The van der Waals surface area contributed by atoms with Crippen molar-refractivity contribution in [3.63, 3.8) is 0 Å². The Labute approximate surface area is 121 Å². The molecule has 20 heavy (non-hydrogen) atoms. The molecule has 2 aromatic carbocycles. The van der Waals surface area contributed by atoms with E-state index in [1.54, 1.807) is 0 Å². The average Bonchev–Trinajstić information content (AvgIpc) is 3.01. The van der Waals surface area contributed by atoms with Gasteiger partial charge in [-0.1, -0.05) is 36.4 Å². The molecule has 0 spiro atoms. The van der Waals surface area contributed by atoms with Gasteiger partial charge in [0.15, 0.2) is 11.1 Å². The Morgan fingerprint density at radius 3 is 2.30 bits per heavy atom. The first-order chi connectivity index (χ1) is 9.75. The topological polar surface area (TPSA) is 40.5 Å². The third-order valence-corrected chi connectivity index (χ3v) is 4.41. The van der Waals surface area contributed by atoms with Gasteiger partial charge in [-0.3, -0.25) is 0 Å². The lowest BCUT2D eigenvalue weighted by molar-refractivity contribution is 0.564.